The zero-order valence-corrected chi connectivity index (χ0v) is 14.5. The highest BCUT2D eigenvalue weighted by atomic mass is 16.5. The van der Waals surface area contributed by atoms with Crippen molar-refractivity contribution in [2.75, 3.05) is 19.7 Å². The summed E-state index contributed by atoms with van der Waals surface area (Å²) in [7, 11) is 0. The van der Waals surface area contributed by atoms with E-state index in [4.69, 9.17) is 4.74 Å². The average molecular weight is 345 g/mol. The van der Waals surface area contributed by atoms with Crippen LogP contribution in [0.5, 0.6) is 5.75 Å². The highest BCUT2D eigenvalue weighted by Crippen LogP contribution is 2.40. The van der Waals surface area contributed by atoms with Gasteiger partial charge in [-0.2, -0.15) is 0 Å². The van der Waals surface area contributed by atoms with E-state index in [1.165, 1.54) is 0 Å². The van der Waals surface area contributed by atoms with Crippen molar-refractivity contribution in [1.29, 1.82) is 0 Å². The topological polar surface area (TPSA) is 87.7 Å². The molecule has 0 saturated carbocycles. The van der Waals surface area contributed by atoms with E-state index in [2.05, 4.69) is 24.5 Å². The van der Waals surface area contributed by atoms with Crippen molar-refractivity contribution in [3.05, 3.63) is 29.8 Å². The molecule has 0 aromatic heterocycles. The Kier molecular flexibility index (Phi) is 4.65. The van der Waals surface area contributed by atoms with Crippen molar-refractivity contribution >= 4 is 17.8 Å². The number of urea groups is 1. The molecule has 1 spiro atoms. The number of para-hydroxylation sites is 1. The lowest BCUT2D eigenvalue weighted by molar-refractivity contribution is -0.136. The van der Waals surface area contributed by atoms with Crippen molar-refractivity contribution in [3.63, 3.8) is 0 Å². The van der Waals surface area contributed by atoms with E-state index in [0.29, 0.717) is 36.8 Å². The highest BCUT2D eigenvalue weighted by molar-refractivity contribution is 6.09. The molecule has 3 rings (SSSR count). The van der Waals surface area contributed by atoms with Gasteiger partial charge in [0, 0.05) is 18.5 Å². The summed E-state index contributed by atoms with van der Waals surface area (Å²) in [5.74, 6) is 0.332. The van der Waals surface area contributed by atoms with Crippen LogP contribution in [-0.2, 0) is 15.1 Å². The maximum absolute atomic E-state index is 13.0. The fourth-order valence-corrected chi connectivity index (χ4v) is 3.22. The van der Waals surface area contributed by atoms with E-state index in [1.807, 2.05) is 6.07 Å². The standard InChI is InChI=1S/C18H23N3O4/c1-12(2)7-9-19-15(22)11-21-16(23)18(20-17(21)24)8-10-25-14-6-4-3-5-13(14)18/h3-6,12H,7-11H2,1-2H3,(H,19,22)(H,20,24)/t18-/m0/s1. The van der Waals surface area contributed by atoms with Gasteiger partial charge in [-0.15, -0.1) is 0 Å². The number of nitrogens with zero attached hydrogens (tertiary/aromatic N) is 1. The van der Waals surface area contributed by atoms with E-state index in [1.54, 1.807) is 18.2 Å². The van der Waals surface area contributed by atoms with Gasteiger partial charge in [0.2, 0.25) is 5.91 Å². The molecule has 2 aliphatic heterocycles. The number of hydrogen-bond acceptors (Lipinski definition) is 4. The Hall–Kier alpha value is -2.57. The van der Waals surface area contributed by atoms with Crippen molar-refractivity contribution in [2.45, 2.75) is 32.2 Å². The molecule has 7 nitrogen and oxygen atoms in total. The molecule has 4 amide bonds. The van der Waals surface area contributed by atoms with E-state index in [-0.39, 0.29) is 12.5 Å². The molecule has 2 N–H and O–H groups in total. The van der Waals surface area contributed by atoms with Crippen molar-refractivity contribution in [1.82, 2.24) is 15.5 Å². The van der Waals surface area contributed by atoms with Crippen molar-refractivity contribution in [2.24, 2.45) is 5.92 Å². The van der Waals surface area contributed by atoms with Gasteiger partial charge in [0.15, 0.2) is 5.54 Å². The monoisotopic (exact) mass is 345 g/mol. The van der Waals surface area contributed by atoms with Crippen LogP contribution in [0.2, 0.25) is 0 Å². The Morgan fingerprint density at radius 3 is 2.88 bits per heavy atom. The van der Waals surface area contributed by atoms with E-state index in [0.717, 1.165) is 11.3 Å². The predicted octanol–water partition coefficient (Wildman–Crippen LogP) is 1.38. The molecule has 0 aliphatic carbocycles. The van der Waals surface area contributed by atoms with Crippen molar-refractivity contribution in [3.8, 4) is 5.75 Å². The number of nitrogens with one attached hydrogen (secondary N) is 2. The quantitative estimate of drug-likeness (QED) is 0.789. The second kappa shape index (κ2) is 6.74. The number of imide groups is 1. The summed E-state index contributed by atoms with van der Waals surface area (Å²) in [6, 6.07) is 6.63. The number of carbonyl (C=O) groups is 3. The van der Waals surface area contributed by atoms with Crippen LogP contribution in [0.25, 0.3) is 0 Å². The van der Waals surface area contributed by atoms with Crippen LogP contribution >= 0.6 is 0 Å². The molecule has 1 saturated heterocycles. The number of rotatable bonds is 5. The maximum atomic E-state index is 13.0. The summed E-state index contributed by atoms with van der Waals surface area (Å²) in [5.41, 5.74) is -0.494. The number of fused-ring (bicyclic) bond motifs is 2. The minimum absolute atomic E-state index is 0.270. The normalized spacial score (nSPS) is 22.0. The molecule has 1 atom stereocenters. The third-order valence-electron chi connectivity index (χ3n) is 4.60. The third kappa shape index (κ3) is 3.18. The summed E-state index contributed by atoms with van der Waals surface area (Å²) in [5, 5.41) is 5.54. The van der Waals surface area contributed by atoms with Crippen molar-refractivity contribution < 1.29 is 19.1 Å². The first-order valence-corrected chi connectivity index (χ1v) is 8.57. The summed E-state index contributed by atoms with van der Waals surface area (Å²) in [6.07, 6.45) is 1.20. The van der Waals surface area contributed by atoms with Gasteiger partial charge in [-0.3, -0.25) is 14.5 Å². The second-order valence-electron chi connectivity index (χ2n) is 6.85. The summed E-state index contributed by atoms with van der Waals surface area (Å²) in [4.78, 5) is 38.4. The number of benzene rings is 1. The van der Waals surface area contributed by atoms with Gasteiger partial charge in [0.05, 0.1) is 6.61 Å². The van der Waals surface area contributed by atoms with Crippen LogP contribution in [0.1, 0.15) is 32.3 Å². The van der Waals surface area contributed by atoms with Crippen LogP contribution in [0.3, 0.4) is 0 Å². The largest absolute Gasteiger partial charge is 0.493 e. The first kappa shape index (κ1) is 17.3. The molecule has 134 valence electrons. The minimum Gasteiger partial charge on any atom is -0.493 e. The lowest BCUT2D eigenvalue weighted by Gasteiger charge is -2.33. The fraction of sp³-hybridized carbons (Fsp3) is 0.500. The molecular weight excluding hydrogens is 322 g/mol. The van der Waals surface area contributed by atoms with Gasteiger partial charge in [-0.05, 0) is 18.4 Å². The van der Waals surface area contributed by atoms with E-state index < -0.39 is 17.5 Å². The lowest BCUT2D eigenvalue weighted by Crippen LogP contribution is -2.48. The Morgan fingerprint density at radius 2 is 2.12 bits per heavy atom. The molecule has 0 radical (unpaired) electrons. The highest BCUT2D eigenvalue weighted by Gasteiger charge is 2.55. The van der Waals surface area contributed by atoms with Crippen LogP contribution in [0.15, 0.2) is 24.3 Å². The van der Waals surface area contributed by atoms with Gasteiger partial charge in [-0.25, -0.2) is 4.79 Å². The Bertz CT molecular complexity index is 703. The lowest BCUT2D eigenvalue weighted by atomic mass is 9.84. The smallest absolute Gasteiger partial charge is 0.325 e. The average Bonchev–Trinajstić information content (AvgIpc) is 2.80. The predicted molar refractivity (Wildman–Crippen MR) is 90.9 cm³/mol. The van der Waals surface area contributed by atoms with Crippen LogP contribution < -0.4 is 15.4 Å². The molecule has 0 unspecified atom stereocenters. The zero-order valence-electron chi connectivity index (χ0n) is 14.5. The van der Waals surface area contributed by atoms with Gasteiger partial charge in [0.25, 0.3) is 5.91 Å². The molecule has 2 aliphatic rings. The third-order valence-corrected chi connectivity index (χ3v) is 4.60. The SMILES string of the molecule is CC(C)CCNC(=O)CN1C(=O)N[C@]2(CCOc3ccccc32)C1=O. The summed E-state index contributed by atoms with van der Waals surface area (Å²) < 4.78 is 5.58. The molecule has 1 aromatic carbocycles. The van der Waals surface area contributed by atoms with Crippen LogP contribution in [0, 0.1) is 5.92 Å². The van der Waals surface area contributed by atoms with E-state index >= 15 is 0 Å². The second-order valence-corrected chi connectivity index (χ2v) is 6.85. The summed E-state index contributed by atoms with van der Waals surface area (Å²) >= 11 is 0. The molecule has 0 bridgehead atoms. The number of carbonyl (C=O) groups excluding carboxylic acids is 3. The van der Waals surface area contributed by atoms with Crippen LogP contribution in [0.4, 0.5) is 4.79 Å². The summed E-state index contributed by atoms with van der Waals surface area (Å²) in [6.45, 7) is 4.72. The molecule has 2 heterocycles. The molecule has 1 aromatic rings. The fourth-order valence-electron chi connectivity index (χ4n) is 3.22. The Labute approximate surface area is 146 Å². The first-order valence-electron chi connectivity index (χ1n) is 8.57. The minimum atomic E-state index is -1.13. The molecule has 1 fully saturated rings. The maximum Gasteiger partial charge on any atom is 0.325 e. The molecular formula is C18H23N3O4. The van der Waals surface area contributed by atoms with E-state index in [9.17, 15) is 14.4 Å². The van der Waals surface area contributed by atoms with Crippen LogP contribution in [-0.4, -0.2) is 42.4 Å². The van der Waals surface area contributed by atoms with Gasteiger partial charge >= 0.3 is 6.03 Å². The first-order chi connectivity index (χ1) is 11.9. The number of amides is 4. The molecule has 25 heavy (non-hydrogen) atoms. The Balaban J connectivity index is 1.74. The van der Waals surface area contributed by atoms with Gasteiger partial charge in [0.1, 0.15) is 12.3 Å². The van der Waals surface area contributed by atoms with Gasteiger partial charge < -0.3 is 15.4 Å². The molecule has 7 heteroatoms. The van der Waals surface area contributed by atoms with Gasteiger partial charge in [-0.1, -0.05) is 32.0 Å². The number of ether oxygens (including phenoxy) is 1. The zero-order chi connectivity index (χ0) is 18.0. The Morgan fingerprint density at radius 1 is 1.36 bits per heavy atom. The number of hydrogen-bond donors (Lipinski definition) is 2.